The van der Waals surface area contributed by atoms with Gasteiger partial charge in [0.2, 0.25) is 0 Å². The highest BCUT2D eigenvalue weighted by molar-refractivity contribution is 5.83. The molecule has 0 spiro atoms. The minimum Gasteiger partial charge on any atom is -0.481 e. The quantitative estimate of drug-likeness (QED) is 0.544. The molecule has 8 heteroatoms. The van der Waals surface area contributed by atoms with Crippen LogP contribution in [0.2, 0.25) is 0 Å². The summed E-state index contributed by atoms with van der Waals surface area (Å²) in [6.45, 7) is 4.29. The molecule has 1 N–H and O–H groups in total. The van der Waals surface area contributed by atoms with Gasteiger partial charge in [-0.25, -0.2) is 9.67 Å². The first-order valence-electron chi connectivity index (χ1n) is 9.34. The fraction of sp³-hybridized carbons (Fsp3) is 0.238. The summed E-state index contributed by atoms with van der Waals surface area (Å²) in [6, 6.07) is 8.37. The van der Waals surface area contributed by atoms with Crippen LogP contribution in [0.3, 0.4) is 0 Å². The summed E-state index contributed by atoms with van der Waals surface area (Å²) in [5.74, 6) is 0.321. The third kappa shape index (κ3) is 3.69. The van der Waals surface area contributed by atoms with Crippen molar-refractivity contribution >= 4 is 22.6 Å². The minimum absolute atomic E-state index is 0.0317. The van der Waals surface area contributed by atoms with Crippen LogP contribution in [0.25, 0.3) is 22.5 Å². The number of fused-ring (bicyclic) bond motifs is 1. The Hall–Kier alpha value is -3.68. The molecule has 0 bridgehead atoms. The lowest BCUT2D eigenvalue weighted by Crippen LogP contribution is -2.25. The second kappa shape index (κ2) is 7.38. The van der Waals surface area contributed by atoms with Crippen molar-refractivity contribution in [2.24, 2.45) is 0 Å². The van der Waals surface area contributed by atoms with Crippen molar-refractivity contribution in [2.75, 3.05) is 11.9 Å². The van der Waals surface area contributed by atoms with E-state index in [2.05, 4.69) is 59.1 Å². The molecular formula is C21H22N6O2. The molecule has 1 aromatic carbocycles. The Morgan fingerprint density at radius 1 is 1.17 bits per heavy atom. The Bertz CT molecular complexity index is 1180. The van der Waals surface area contributed by atoms with Gasteiger partial charge in [0.1, 0.15) is 0 Å². The highest BCUT2D eigenvalue weighted by Crippen LogP contribution is 2.24. The molecule has 4 aromatic rings. The average Bonchev–Trinajstić information content (AvgIpc) is 3.33. The van der Waals surface area contributed by atoms with E-state index in [4.69, 9.17) is 5.11 Å². The Balaban J connectivity index is 1.73. The van der Waals surface area contributed by atoms with Crippen LogP contribution in [0.4, 0.5) is 5.69 Å². The number of benzene rings is 1. The van der Waals surface area contributed by atoms with Gasteiger partial charge in [-0.15, -0.1) is 0 Å². The molecule has 8 nitrogen and oxygen atoms in total. The van der Waals surface area contributed by atoms with E-state index >= 15 is 0 Å². The highest BCUT2D eigenvalue weighted by Gasteiger charge is 2.12. The van der Waals surface area contributed by atoms with Crippen LogP contribution in [0.15, 0.2) is 55.2 Å². The van der Waals surface area contributed by atoms with Crippen LogP contribution in [-0.2, 0) is 11.2 Å². The lowest BCUT2D eigenvalue weighted by Gasteiger charge is -2.23. The number of carbonyl (C=O) groups is 1. The molecule has 0 saturated carbocycles. The lowest BCUT2D eigenvalue weighted by molar-refractivity contribution is -0.136. The maximum atomic E-state index is 10.9. The van der Waals surface area contributed by atoms with Gasteiger partial charge in [-0.05, 0) is 43.7 Å². The number of hydrogen-bond acceptors (Lipinski definition) is 5. The van der Waals surface area contributed by atoms with Crippen molar-refractivity contribution in [3.05, 3.63) is 60.8 Å². The van der Waals surface area contributed by atoms with Gasteiger partial charge in [0.25, 0.3) is 0 Å². The van der Waals surface area contributed by atoms with Gasteiger partial charge in [0, 0.05) is 36.6 Å². The molecule has 3 aromatic heterocycles. The summed E-state index contributed by atoms with van der Waals surface area (Å²) >= 11 is 0. The number of carboxylic acid groups (broad SMARTS) is 1. The normalized spacial score (nSPS) is 11.3. The van der Waals surface area contributed by atoms with Crippen LogP contribution >= 0.6 is 0 Å². The predicted molar refractivity (Wildman–Crippen MR) is 111 cm³/mol. The first-order valence-corrected chi connectivity index (χ1v) is 9.34. The molecule has 0 amide bonds. The molecule has 148 valence electrons. The number of rotatable bonds is 6. The van der Waals surface area contributed by atoms with Crippen molar-refractivity contribution < 1.29 is 9.90 Å². The summed E-state index contributed by atoms with van der Waals surface area (Å²) in [5.41, 5.74) is 2.75. The number of aromatic nitrogens is 5. The summed E-state index contributed by atoms with van der Waals surface area (Å²) in [4.78, 5) is 22.1. The van der Waals surface area contributed by atoms with Gasteiger partial charge in [0.15, 0.2) is 11.6 Å². The molecule has 0 saturated heterocycles. The standard InChI is InChI=1S/C21H22N6O2/c1-14(2)25(3)17-5-4-16-10-23-27(18(16)9-17)20-12-22-11-19(24-20)26-7-6-15(13-26)8-21(28)29/h4-7,9-14H,8H2,1-3H3,(H,28,29). The van der Waals surface area contributed by atoms with E-state index < -0.39 is 5.97 Å². The molecule has 0 aliphatic heterocycles. The van der Waals surface area contributed by atoms with Gasteiger partial charge in [-0.2, -0.15) is 5.10 Å². The summed E-state index contributed by atoms with van der Waals surface area (Å²) in [5, 5.41) is 14.5. The van der Waals surface area contributed by atoms with Crippen LogP contribution in [0, 0.1) is 0 Å². The van der Waals surface area contributed by atoms with Crippen molar-refractivity contribution in [2.45, 2.75) is 26.3 Å². The monoisotopic (exact) mass is 390 g/mol. The molecule has 0 aliphatic rings. The number of carboxylic acids is 1. The third-order valence-corrected chi connectivity index (χ3v) is 4.94. The van der Waals surface area contributed by atoms with Crippen LogP contribution in [-0.4, -0.2) is 48.5 Å². The summed E-state index contributed by atoms with van der Waals surface area (Å²) in [7, 11) is 2.06. The molecule has 29 heavy (non-hydrogen) atoms. The van der Waals surface area contributed by atoms with E-state index in [0.29, 0.717) is 23.2 Å². The molecule has 3 heterocycles. The highest BCUT2D eigenvalue weighted by atomic mass is 16.4. The second-order valence-corrected chi connectivity index (χ2v) is 7.24. The van der Waals surface area contributed by atoms with Gasteiger partial charge < -0.3 is 14.6 Å². The van der Waals surface area contributed by atoms with Crippen molar-refractivity contribution in [3.8, 4) is 11.6 Å². The zero-order valence-electron chi connectivity index (χ0n) is 16.5. The summed E-state index contributed by atoms with van der Waals surface area (Å²) < 4.78 is 3.53. The molecule has 0 atom stereocenters. The molecule has 0 fully saturated rings. The number of nitrogens with zero attached hydrogens (tertiary/aromatic N) is 6. The predicted octanol–water partition coefficient (Wildman–Crippen LogP) is 3.08. The summed E-state index contributed by atoms with van der Waals surface area (Å²) in [6.07, 6.45) is 8.61. The largest absolute Gasteiger partial charge is 0.481 e. The Labute approximate surface area is 168 Å². The van der Waals surface area contributed by atoms with E-state index in [0.717, 1.165) is 16.6 Å². The first kappa shape index (κ1) is 18.7. The number of anilines is 1. The fourth-order valence-electron chi connectivity index (χ4n) is 3.14. The van der Waals surface area contributed by atoms with Crippen LogP contribution < -0.4 is 4.90 Å². The smallest absolute Gasteiger partial charge is 0.307 e. The topological polar surface area (TPSA) is 89.1 Å². The zero-order chi connectivity index (χ0) is 20.5. The minimum atomic E-state index is -0.868. The number of hydrogen-bond donors (Lipinski definition) is 1. The SMILES string of the molecule is CC(C)N(C)c1ccc2cnn(-c3cncc(-n4ccc(CC(=O)O)c4)n3)c2c1. The van der Waals surface area contributed by atoms with E-state index in [1.165, 1.54) is 0 Å². The molecule has 0 unspecified atom stereocenters. The van der Waals surface area contributed by atoms with Crippen molar-refractivity contribution in [1.29, 1.82) is 0 Å². The van der Waals surface area contributed by atoms with Gasteiger partial charge >= 0.3 is 5.97 Å². The third-order valence-electron chi connectivity index (χ3n) is 4.94. The average molecular weight is 390 g/mol. The Morgan fingerprint density at radius 3 is 2.72 bits per heavy atom. The molecule has 4 rings (SSSR count). The second-order valence-electron chi connectivity index (χ2n) is 7.24. The maximum absolute atomic E-state index is 10.9. The van der Waals surface area contributed by atoms with Gasteiger partial charge in [-0.3, -0.25) is 9.78 Å². The molecule has 0 radical (unpaired) electrons. The fourth-order valence-corrected chi connectivity index (χ4v) is 3.14. The number of aliphatic carboxylic acids is 1. The Morgan fingerprint density at radius 2 is 1.97 bits per heavy atom. The maximum Gasteiger partial charge on any atom is 0.307 e. The lowest BCUT2D eigenvalue weighted by atomic mass is 10.2. The van der Waals surface area contributed by atoms with E-state index in [-0.39, 0.29) is 6.42 Å². The Kier molecular flexibility index (Phi) is 4.75. The van der Waals surface area contributed by atoms with Crippen LogP contribution in [0.1, 0.15) is 19.4 Å². The van der Waals surface area contributed by atoms with Gasteiger partial charge in [0.05, 0.1) is 30.5 Å². The van der Waals surface area contributed by atoms with E-state index in [1.54, 1.807) is 40.1 Å². The zero-order valence-corrected chi connectivity index (χ0v) is 16.5. The molecule has 0 aliphatic carbocycles. The van der Waals surface area contributed by atoms with Crippen molar-refractivity contribution in [1.82, 2.24) is 24.3 Å². The van der Waals surface area contributed by atoms with Crippen molar-refractivity contribution in [3.63, 3.8) is 0 Å². The van der Waals surface area contributed by atoms with E-state index in [9.17, 15) is 4.79 Å². The molecular weight excluding hydrogens is 368 g/mol. The van der Waals surface area contributed by atoms with Crippen LogP contribution in [0.5, 0.6) is 0 Å². The van der Waals surface area contributed by atoms with E-state index in [1.807, 2.05) is 6.20 Å². The van der Waals surface area contributed by atoms with Gasteiger partial charge in [-0.1, -0.05) is 0 Å². The first-order chi connectivity index (χ1) is 13.9.